The van der Waals surface area contributed by atoms with E-state index >= 15 is 0 Å². The van der Waals surface area contributed by atoms with Crippen LogP contribution >= 0.6 is 0 Å². The Balaban J connectivity index is 1.73. The zero-order chi connectivity index (χ0) is 19.2. The molecule has 1 heteroatoms. The van der Waals surface area contributed by atoms with Crippen molar-refractivity contribution in [3.8, 4) is 0 Å². The van der Waals surface area contributed by atoms with Crippen molar-refractivity contribution in [1.29, 1.82) is 0 Å². The van der Waals surface area contributed by atoms with Gasteiger partial charge in [-0.1, -0.05) is 138 Å². The number of hydrogen-bond donors (Lipinski definition) is 1. The van der Waals surface area contributed by atoms with Gasteiger partial charge in [0.05, 0.1) is 5.54 Å². The molecule has 0 heterocycles. The van der Waals surface area contributed by atoms with Gasteiger partial charge < -0.3 is 5.73 Å². The Morgan fingerprint density at radius 2 is 0.926 bits per heavy atom. The summed E-state index contributed by atoms with van der Waals surface area (Å²) in [7, 11) is 0. The van der Waals surface area contributed by atoms with Crippen molar-refractivity contribution < 1.29 is 0 Å². The SMILES string of the molecule is CCCCCCCCCCCCCC(N)(c1ccccc1)c1ccccc1. The molecule has 2 rings (SSSR count). The molecule has 0 bridgehead atoms. The fraction of sp³-hybridized carbons (Fsp3) is 0.538. The van der Waals surface area contributed by atoms with Crippen LogP contribution in [0.5, 0.6) is 0 Å². The van der Waals surface area contributed by atoms with Gasteiger partial charge in [0.25, 0.3) is 0 Å². The number of rotatable bonds is 14. The van der Waals surface area contributed by atoms with Crippen LogP contribution in [0.15, 0.2) is 60.7 Å². The molecule has 148 valence electrons. The van der Waals surface area contributed by atoms with Crippen LogP contribution in [-0.4, -0.2) is 0 Å². The van der Waals surface area contributed by atoms with Crippen LogP contribution in [0.1, 0.15) is 95.1 Å². The zero-order valence-electron chi connectivity index (χ0n) is 17.3. The maximum atomic E-state index is 6.96. The summed E-state index contributed by atoms with van der Waals surface area (Å²) in [5.41, 5.74) is 9.04. The van der Waals surface area contributed by atoms with Gasteiger partial charge in [0, 0.05) is 0 Å². The summed E-state index contributed by atoms with van der Waals surface area (Å²) >= 11 is 0. The Morgan fingerprint density at radius 1 is 0.556 bits per heavy atom. The van der Waals surface area contributed by atoms with E-state index in [-0.39, 0.29) is 5.54 Å². The van der Waals surface area contributed by atoms with Crippen molar-refractivity contribution in [3.63, 3.8) is 0 Å². The third-order valence-corrected chi connectivity index (χ3v) is 5.75. The smallest absolute Gasteiger partial charge is 0.0665 e. The lowest BCUT2D eigenvalue weighted by Crippen LogP contribution is -2.37. The largest absolute Gasteiger partial charge is 0.318 e. The minimum Gasteiger partial charge on any atom is -0.318 e. The van der Waals surface area contributed by atoms with Gasteiger partial charge in [0.2, 0.25) is 0 Å². The molecule has 0 fully saturated rings. The van der Waals surface area contributed by atoms with Gasteiger partial charge in [-0.2, -0.15) is 0 Å². The van der Waals surface area contributed by atoms with Gasteiger partial charge in [-0.05, 0) is 17.5 Å². The second-order valence-electron chi connectivity index (χ2n) is 7.99. The van der Waals surface area contributed by atoms with Crippen LogP contribution in [0.3, 0.4) is 0 Å². The maximum Gasteiger partial charge on any atom is 0.0665 e. The van der Waals surface area contributed by atoms with Gasteiger partial charge in [-0.3, -0.25) is 0 Å². The Morgan fingerprint density at radius 3 is 1.33 bits per heavy atom. The first kappa shape index (κ1) is 21.7. The monoisotopic (exact) mass is 365 g/mol. The second-order valence-corrected chi connectivity index (χ2v) is 7.99. The van der Waals surface area contributed by atoms with Crippen LogP contribution in [0.4, 0.5) is 0 Å². The fourth-order valence-corrected chi connectivity index (χ4v) is 3.99. The molecule has 2 aromatic carbocycles. The average Bonchev–Trinajstić information content (AvgIpc) is 2.73. The normalized spacial score (nSPS) is 11.6. The van der Waals surface area contributed by atoms with Crippen molar-refractivity contribution in [2.24, 2.45) is 5.73 Å². The highest BCUT2D eigenvalue weighted by Crippen LogP contribution is 2.32. The van der Waals surface area contributed by atoms with Crippen molar-refractivity contribution in [1.82, 2.24) is 0 Å². The summed E-state index contributed by atoms with van der Waals surface area (Å²) in [6, 6.07) is 21.2. The molecule has 0 aliphatic heterocycles. The van der Waals surface area contributed by atoms with Crippen molar-refractivity contribution in [3.05, 3.63) is 71.8 Å². The van der Waals surface area contributed by atoms with E-state index in [2.05, 4.69) is 67.6 Å². The van der Waals surface area contributed by atoms with E-state index in [1.165, 1.54) is 81.8 Å². The number of benzene rings is 2. The molecule has 0 aromatic heterocycles. The highest BCUT2D eigenvalue weighted by molar-refractivity contribution is 5.37. The maximum absolute atomic E-state index is 6.96. The predicted molar refractivity (Wildman–Crippen MR) is 119 cm³/mol. The minimum atomic E-state index is -0.373. The fourth-order valence-electron chi connectivity index (χ4n) is 3.99. The molecule has 0 saturated heterocycles. The van der Waals surface area contributed by atoms with E-state index in [1.807, 2.05) is 0 Å². The highest BCUT2D eigenvalue weighted by Gasteiger charge is 2.28. The van der Waals surface area contributed by atoms with Gasteiger partial charge in [0.1, 0.15) is 0 Å². The summed E-state index contributed by atoms with van der Waals surface area (Å²) in [5.74, 6) is 0. The van der Waals surface area contributed by atoms with E-state index in [0.717, 1.165) is 6.42 Å². The zero-order valence-corrected chi connectivity index (χ0v) is 17.3. The molecule has 0 saturated carbocycles. The first-order chi connectivity index (χ1) is 13.3. The van der Waals surface area contributed by atoms with Gasteiger partial charge in [-0.15, -0.1) is 0 Å². The Labute approximate surface area is 167 Å². The first-order valence-electron chi connectivity index (χ1n) is 11.2. The molecule has 0 atom stereocenters. The Hall–Kier alpha value is -1.60. The molecule has 27 heavy (non-hydrogen) atoms. The van der Waals surface area contributed by atoms with Crippen LogP contribution < -0.4 is 5.73 Å². The molecule has 0 amide bonds. The average molecular weight is 366 g/mol. The molecule has 0 unspecified atom stereocenters. The van der Waals surface area contributed by atoms with Crippen molar-refractivity contribution >= 4 is 0 Å². The highest BCUT2D eigenvalue weighted by atomic mass is 14.7. The van der Waals surface area contributed by atoms with Crippen LogP contribution in [0.2, 0.25) is 0 Å². The third kappa shape index (κ3) is 7.50. The van der Waals surface area contributed by atoms with E-state index in [4.69, 9.17) is 5.73 Å². The molecule has 2 aromatic rings. The molecule has 0 aliphatic rings. The summed E-state index contributed by atoms with van der Waals surface area (Å²) in [6.07, 6.45) is 16.0. The lowest BCUT2D eigenvalue weighted by atomic mass is 9.79. The standard InChI is InChI=1S/C26H39N/c1-2-3-4-5-6-7-8-9-10-11-18-23-26(27,24-19-14-12-15-20-24)25-21-16-13-17-22-25/h12-17,19-22H,2-11,18,23,27H2,1H3. The van der Waals surface area contributed by atoms with Gasteiger partial charge in [0.15, 0.2) is 0 Å². The number of unbranched alkanes of at least 4 members (excludes halogenated alkanes) is 10. The van der Waals surface area contributed by atoms with E-state index < -0.39 is 0 Å². The lowest BCUT2D eigenvalue weighted by Gasteiger charge is -2.31. The summed E-state index contributed by atoms with van der Waals surface area (Å²) in [4.78, 5) is 0. The van der Waals surface area contributed by atoms with Gasteiger partial charge >= 0.3 is 0 Å². The molecule has 1 nitrogen and oxygen atoms in total. The number of hydrogen-bond acceptors (Lipinski definition) is 1. The molecule has 0 aliphatic carbocycles. The van der Waals surface area contributed by atoms with Crippen LogP contribution in [-0.2, 0) is 5.54 Å². The summed E-state index contributed by atoms with van der Waals surface area (Å²) < 4.78 is 0. The predicted octanol–water partition coefficient (Wildman–Crippen LogP) is 7.59. The Bertz CT molecular complexity index is 551. The molecule has 0 spiro atoms. The van der Waals surface area contributed by atoms with Crippen molar-refractivity contribution in [2.75, 3.05) is 0 Å². The molecule has 2 N–H and O–H groups in total. The first-order valence-corrected chi connectivity index (χ1v) is 11.2. The molecular formula is C26H39N. The second kappa shape index (κ2) is 12.7. The minimum absolute atomic E-state index is 0.373. The molecular weight excluding hydrogens is 326 g/mol. The third-order valence-electron chi connectivity index (χ3n) is 5.75. The van der Waals surface area contributed by atoms with Gasteiger partial charge in [-0.25, -0.2) is 0 Å². The van der Waals surface area contributed by atoms with Crippen LogP contribution in [0, 0.1) is 0 Å². The molecule has 0 radical (unpaired) electrons. The summed E-state index contributed by atoms with van der Waals surface area (Å²) in [6.45, 7) is 2.28. The Kier molecular flexibility index (Phi) is 10.2. The lowest BCUT2D eigenvalue weighted by molar-refractivity contribution is 0.450. The van der Waals surface area contributed by atoms with Crippen molar-refractivity contribution in [2.45, 2.75) is 89.5 Å². The van der Waals surface area contributed by atoms with E-state index in [0.29, 0.717) is 0 Å². The number of nitrogens with two attached hydrogens (primary N) is 1. The quantitative estimate of drug-likeness (QED) is 0.343. The van der Waals surface area contributed by atoms with E-state index in [1.54, 1.807) is 0 Å². The summed E-state index contributed by atoms with van der Waals surface area (Å²) in [5, 5.41) is 0. The van der Waals surface area contributed by atoms with E-state index in [9.17, 15) is 0 Å². The topological polar surface area (TPSA) is 26.0 Å². The van der Waals surface area contributed by atoms with Crippen LogP contribution in [0.25, 0.3) is 0 Å².